The molecule has 162 valence electrons. The smallest absolute Gasteiger partial charge is 0.201 e. The number of benzene rings is 1. The van der Waals surface area contributed by atoms with Gasteiger partial charge in [-0.15, -0.1) is 11.3 Å². The summed E-state index contributed by atoms with van der Waals surface area (Å²) in [5.74, 6) is 0. The maximum absolute atomic E-state index is 10.4. The standard InChI is InChI=1S/C23H32N4O2S/c1-4-5-6-11-23(2)25-20(21(28)29-23)18-9-7-17(8-10-18)19-16-30-22(24-19)27-14-12-26(3)13-15-27/h7-10,16,21,28H,4-6,11-15H2,1-3H3. The Kier molecular flexibility index (Phi) is 6.53. The van der Waals surface area contributed by atoms with Crippen molar-refractivity contribution in [3.8, 4) is 11.3 Å². The highest BCUT2D eigenvalue weighted by molar-refractivity contribution is 7.14. The predicted molar refractivity (Wildman–Crippen MR) is 123 cm³/mol. The second kappa shape index (κ2) is 9.14. The SMILES string of the molecule is CCCCCC1(C)N=C(c2ccc(-c3csc(N4CCN(C)CC4)n3)cc2)C(O)O1. The van der Waals surface area contributed by atoms with Gasteiger partial charge in [0.2, 0.25) is 6.29 Å². The van der Waals surface area contributed by atoms with Crippen LogP contribution in [0.4, 0.5) is 5.13 Å². The summed E-state index contributed by atoms with van der Waals surface area (Å²) in [7, 11) is 2.16. The highest BCUT2D eigenvalue weighted by atomic mass is 32.1. The minimum Gasteiger partial charge on any atom is -0.363 e. The number of anilines is 1. The van der Waals surface area contributed by atoms with E-state index in [0.29, 0.717) is 5.71 Å². The number of ether oxygens (including phenoxy) is 1. The Bertz CT molecular complexity index is 874. The van der Waals surface area contributed by atoms with E-state index >= 15 is 0 Å². The van der Waals surface area contributed by atoms with Crippen LogP contribution in [0.3, 0.4) is 0 Å². The number of piperazine rings is 1. The number of nitrogens with zero attached hydrogens (tertiary/aromatic N) is 4. The predicted octanol–water partition coefficient (Wildman–Crippen LogP) is 4.00. The van der Waals surface area contributed by atoms with Gasteiger partial charge in [0.05, 0.1) is 5.69 Å². The van der Waals surface area contributed by atoms with Crippen LogP contribution < -0.4 is 4.90 Å². The van der Waals surface area contributed by atoms with E-state index in [2.05, 4.69) is 41.3 Å². The van der Waals surface area contributed by atoms with Crippen LogP contribution in [0.25, 0.3) is 11.3 Å². The lowest BCUT2D eigenvalue weighted by Crippen LogP contribution is -2.44. The number of hydrogen-bond donors (Lipinski definition) is 1. The molecular formula is C23H32N4O2S. The van der Waals surface area contributed by atoms with Crippen molar-refractivity contribution in [3.05, 3.63) is 35.2 Å². The van der Waals surface area contributed by atoms with Crippen molar-refractivity contribution in [2.75, 3.05) is 38.1 Å². The lowest BCUT2D eigenvalue weighted by Gasteiger charge is -2.32. The number of aliphatic imine (C=N–C) groups is 1. The summed E-state index contributed by atoms with van der Waals surface area (Å²) in [6.07, 6.45) is 3.22. The molecule has 2 aliphatic heterocycles. The Morgan fingerprint density at radius 1 is 1.13 bits per heavy atom. The first-order chi connectivity index (χ1) is 14.5. The molecule has 7 heteroatoms. The van der Waals surface area contributed by atoms with Crippen molar-refractivity contribution in [2.24, 2.45) is 4.99 Å². The zero-order chi connectivity index (χ0) is 21.1. The largest absolute Gasteiger partial charge is 0.363 e. The molecule has 2 aromatic rings. The van der Waals surface area contributed by atoms with Crippen LogP contribution in [0, 0.1) is 0 Å². The maximum atomic E-state index is 10.4. The van der Waals surface area contributed by atoms with Crippen molar-refractivity contribution in [3.63, 3.8) is 0 Å². The van der Waals surface area contributed by atoms with Crippen LogP contribution in [0.15, 0.2) is 34.6 Å². The molecule has 1 aromatic heterocycles. The van der Waals surface area contributed by atoms with Crippen LogP contribution in [-0.2, 0) is 4.74 Å². The second-order valence-electron chi connectivity index (χ2n) is 8.48. The molecule has 0 bridgehead atoms. The zero-order valence-corrected chi connectivity index (χ0v) is 19.0. The van der Waals surface area contributed by atoms with Crippen LogP contribution in [0.5, 0.6) is 0 Å². The highest BCUT2D eigenvalue weighted by Crippen LogP contribution is 2.32. The van der Waals surface area contributed by atoms with Gasteiger partial charge in [0.1, 0.15) is 5.71 Å². The number of hydrogen-bond acceptors (Lipinski definition) is 7. The van der Waals surface area contributed by atoms with E-state index in [9.17, 15) is 5.11 Å². The molecular weight excluding hydrogens is 396 g/mol. The van der Waals surface area contributed by atoms with Gasteiger partial charge >= 0.3 is 0 Å². The Morgan fingerprint density at radius 3 is 2.53 bits per heavy atom. The number of rotatable bonds is 7. The van der Waals surface area contributed by atoms with E-state index in [0.717, 1.165) is 73.8 Å². The lowest BCUT2D eigenvalue weighted by atomic mass is 10.1. The molecule has 0 spiro atoms. The van der Waals surface area contributed by atoms with Crippen LogP contribution in [-0.4, -0.2) is 65.9 Å². The zero-order valence-electron chi connectivity index (χ0n) is 18.2. The highest BCUT2D eigenvalue weighted by Gasteiger charge is 2.37. The minimum atomic E-state index is -0.967. The third-order valence-corrected chi connectivity index (χ3v) is 6.84. The fourth-order valence-corrected chi connectivity index (χ4v) is 4.90. The third kappa shape index (κ3) is 4.75. The molecule has 0 saturated carbocycles. The lowest BCUT2D eigenvalue weighted by molar-refractivity contribution is -0.123. The molecule has 2 unspecified atom stereocenters. The van der Waals surface area contributed by atoms with Crippen molar-refractivity contribution in [1.82, 2.24) is 9.88 Å². The minimum absolute atomic E-state index is 0.622. The quantitative estimate of drug-likeness (QED) is 0.676. The molecule has 0 aliphatic carbocycles. The molecule has 0 radical (unpaired) electrons. The van der Waals surface area contributed by atoms with Crippen molar-refractivity contribution in [2.45, 2.75) is 51.5 Å². The topological polar surface area (TPSA) is 61.2 Å². The molecule has 1 N–H and O–H groups in total. The molecule has 1 aromatic carbocycles. The van der Waals surface area contributed by atoms with Crippen molar-refractivity contribution >= 4 is 22.2 Å². The Labute approximate surface area is 183 Å². The number of likely N-dealkylation sites (N-methyl/N-ethyl adjacent to an activating group) is 1. The van der Waals surface area contributed by atoms with E-state index in [4.69, 9.17) is 14.7 Å². The van der Waals surface area contributed by atoms with Gasteiger partial charge in [-0.2, -0.15) is 0 Å². The Balaban J connectivity index is 1.45. The van der Waals surface area contributed by atoms with Gasteiger partial charge in [0.15, 0.2) is 10.9 Å². The van der Waals surface area contributed by atoms with Gasteiger partial charge in [-0.05, 0) is 26.8 Å². The van der Waals surface area contributed by atoms with E-state index < -0.39 is 12.0 Å². The van der Waals surface area contributed by atoms with Crippen molar-refractivity contribution in [1.29, 1.82) is 0 Å². The van der Waals surface area contributed by atoms with Crippen LogP contribution in [0.1, 0.15) is 45.1 Å². The fourth-order valence-electron chi connectivity index (χ4n) is 4.01. The monoisotopic (exact) mass is 428 g/mol. The first-order valence-corrected chi connectivity index (χ1v) is 11.8. The molecule has 30 heavy (non-hydrogen) atoms. The van der Waals surface area contributed by atoms with Gasteiger partial charge in [-0.25, -0.2) is 9.98 Å². The number of unbranched alkanes of at least 4 members (excludes halogenated alkanes) is 2. The van der Waals surface area contributed by atoms with Crippen molar-refractivity contribution < 1.29 is 9.84 Å². The van der Waals surface area contributed by atoms with Crippen LogP contribution >= 0.6 is 11.3 Å². The van der Waals surface area contributed by atoms with Gasteiger partial charge in [-0.1, -0.05) is 44.0 Å². The first-order valence-electron chi connectivity index (χ1n) is 10.9. The number of aliphatic hydroxyl groups is 1. The van der Waals surface area contributed by atoms with Gasteiger partial charge in [-0.3, -0.25) is 0 Å². The summed E-state index contributed by atoms with van der Waals surface area (Å²) in [5.41, 5.74) is 2.97. The van der Waals surface area contributed by atoms with Gasteiger partial charge in [0.25, 0.3) is 0 Å². The van der Waals surface area contributed by atoms with Gasteiger partial charge < -0.3 is 19.6 Å². The fraction of sp³-hybridized carbons (Fsp3) is 0.565. The number of thiazole rings is 1. The molecule has 1 fully saturated rings. The third-order valence-electron chi connectivity index (χ3n) is 5.94. The molecule has 3 heterocycles. The summed E-state index contributed by atoms with van der Waals surface area (Å²) >= 11 is 1.70. The summed E-state index contributed by atoms with van der Waals surface area (Å²) < 4.78 is 5.79. The Hall–Kier alpha value is -1.80. The average molecular weight is 429 g/mol. The molecule has 0 amide bonds. The average Bonchev–Trinajstić information content (AvgIpc) is 3.34. The van der Waals surface area contributed by atoms with Crippen LogP contribution in [0.2, 0.25) is 0 Å². The summed E-state index contributed by atoms with van der Waals surface area (Å²) in [5, 5.41) is 13.6. The molecule has 2 aliphatic rings. The summed E-state index contributed by atoms with van der Waals surface area (Å²) in [6, 6.07) is 8.13. The van der Waals surface area contributed by atoms with E-state index in [-0.39, 0.29) is 0 Å². The summed E-state index contributed by atoms with van der Waals surface area (Å²) in [6.45, 7) is 8.34. The molecule has 6 nitrogen and oxygen atoms in total. The first kappa shape index (κ1) is 21.4. The van der Waals surface area contributed by atoms with E-state index in [1.807, 2.05) is 19.1 Å². The second-order valence-corrected chi connectivity index (χ2v) is 9.32. The van der Waals surface area contributed by atoms with E-state index in [1.165, 1.54) is 0 Å². The molecule has 2 atom stereocenters. The number of aromatic nitrogens is 1. The summed E-state index contributed by atoms with van der Waals surface area (Å²) in [4.78, 5) is 14.3. The normalized spacial score (nSPS) is 25.0. The maximum Gasteiger partial charge on any atom is 0.201 e. The molecule has 4 rings (SSSR count). The number of aliphatic hydroxyl groups excluding tert-OH is 1. The van der Waals surface area contributed by atoms with E-state index in [1.54, 1.807) is 11.3 Å². The van der Waals surface area contributed by atoms with Gasteiger partial charge in [0, 0.05) is 42.7 Å². The Morgan fingerprint density at radius 2 is 1.83 bits per heavy atom. The molecule has 1 saturated heterocycles.